The highest BCUT2D eigenvalue weighted by molar-refractivity contribution is 5.84. The molecular weight excluding hydrogens is 286 g/mol. The molecule has 0 radical (unpaired) electrons. The van der Waals surface area contributed by atoms with Crippen LogP contribution in [0.25, 0.3) is 5.70 Å². The molecule has 1 heterocycles. The van der Waals surface area contributed by atoms with E-state index in [9.17, 15) is 4.79 Å². The molecule has 0 bridgehead atoms. The van der Waals surface area contributed by atoms with E-state index in [1.54, 1.807) is 0 Å². The molecule has 126 valence electrons. The van der Waals surface area contributed by atoms with Gasteiger partial charge in [0, 0.05) is 12.1 Å². The molecule has 0 atom stereocenters. The smallest absolute Gasteiger partial charge is 0.414 e. The van der Waals surface area contributed by atoms with E-state index in [0.29, 0.717) is 6.54 Å². The van der Waals surface area contributed by atoms with Gasteiger partial charge in [-0.05, 0) is 71.9 Å². The van der Waals surface area contributed by atoms with Crippen LogP contribution in [0.5, 0.6) is 0 Å². The Balaban J connectivity index is 2.44. The fourth-order valence-electron chi connectivity index (χ4n) is 3.21. The number of nitrogens with zero attached hydrogens (tertiary/aromatic N) is 1. The molecule has 3 heteroatoms. The van der Waals surface area contributed by atoms with Gasteiger partial charge < -0.3 is 4.74 Å². The van der Waals surface area contributed by atoms with Crippen molar-refractivity contribution in [2.75, 3.05) is 6.54 Å². The summed E-state index contributed by atoms with van der Waals surface area (Å²) in [6.07, 6.45) is 5.06. The monoisotopic (exact) mass is 315 g/mol. The molecule has 2 rings (SSSR count). The topological polar surface area (TPSA) is 29.5 Å². The van der Waals surface area contributed by atoms with E-state index < -0.39 is 5.60 Å². The Morgan fingerprint density at radius 1 is 1.09 bits per heavy atom. The summed E-state index contributed by atoms with van der Waals surface area (Å²) in [5, 5.41) is 0. The van der Waals surface area contributed by atoms with Gasteiger partial charge in [0.1, 0.15) is 5.60 Å². The normalized spacial score (nSPS) is 15.9. The fraction of sp³-hybridized carbons (Fsp3) is 0.550. The van der Waals surface area contributed by atoms with Gasteiger partial charge in [-0.15, -0.1) is 0 Å². The van der Waals surface area contributed by atoms with Gasteiger partial charge in [0.25, 0.3) is 0 Å². The molecule has 1 aliphatic heterocycles. The Bertz CT molecular complexity index is 600. The molecule has 0 saturated carbocycles. The number of ether oxygens (including phenoxy) is 1. The zero-order valence-electron chi connectivity index (χ0n) is 15.3. The molecule has 0 fully saturated rings. The molecule has 1 amide bonds. The van der Waals surface area contributed by atoms with Crippen molar-refractivity contribution in [2.24, 2.45) is 0 Å². The number of rotatable bonds is 1. The van der Waals surface area contributed by atoms with Gasteiger partial charge in [0.05, 0.1) is 5.70 Å². The number of amides is 1. The lowest BCUT2D eigenvalue weighted by Crippen LogP contribution is -2.36. The van der Waals surface area contributed by atoms with Crippen LogP contribution in [0.15, 0.2) is 18.2 Å². The number of hydrogen-bond acceptors (Lipinski definition) is 2. The van der Waals surface area contributed by atoms with Crippen LogP contribution >= 0.6 is 0 Å². The van der Waals surface area contributed by atoms with Crippen LogP contribution < -0.4 is 0 Å². The molecule has 0 saturated heterocycles. The SMILES string of the molecule is Cc1cc(C)c(C2=CCCCCN2C(=O)OC(C)(C)C)c(C)c1. The van der Waals surface area contributed by atoms with E-state index in [4.69, 9.17) is 4.74 Å². The minimum Gasteiger partial charge on any atom is -0.443 e. The first kappa shape index (κ1) is 17.6. The summed E-state index contributed by atoms with van der Waals surface area (Å²) >= 11 is 0. The third-order valence-electron chi connectivity index (χ3n) is 4.01. The molecule has 3 nitrogen and oxygen atoms in total. The average molecular weight is 315 g/mol. The van der Waals surface area contributed by atoms with Gasteiger partial charge in [0.15, 0.2) is 0 Å². The minimum absolute atomic E-state index is 0.245. The molecule has 1 aliphatic rings. The number of allylic oxidation sites excluding steroid dienone is 1. The summed E-state index contributed by atoms with van der Waals surface area (Å²) < 4.78 is 5.63. The summed E-state index contributed by atoms with van der Waals surface area (Å²) in [5.74, 6) is 0. The first-order chi connectivity index (χ1) is 10.7. The fourth-order valence-corrected chi connectivity index (χ4v) is 3.21. The van der Waals surface area contributed by atoms with Gasteiger partial charge in [-0.3, -0.25) is 4.90 Å². The highest BCUT2D eigenvalue weighted by atomic mass is 16.6. The van der Waals surface area contributed by atoms with E-state index in [1.165, 1.54) is 22.3 Å². The third kappa shape index (κ3) is 4.37. The van der Waals surface area contributed by atoms with Gasteiger partial charge in [0.2, 0.25) is 0 Å². The second-order valence-electron chi connectivity index (χ2n) is 7.49. The molecule has 0 N–H and O–H groups in total. The van der Waals surface area contributed by atoms with Crippen molar-refractivity contribution in [2.45, 2.75) is 66.4 Å². The number of aryl methyl sites for hydroxylation is 3. The van der Waals surface area contributed by atoms with Gasteiger partial charge in [-0.1, -0.05) is 23.8 Å². The van der Waals surface area contributed by atoms with Crippen molar-refractivity contribution < 1.29 is 9.53 Å². The van der Waals surface area contributed by atoms with Crippen LogP contribution in [0.2, 0.25) is 0 Å². The third-order valence-corrected chi connectivity index (χ3v) is 4.01. The molecular formula is C20H29NO2. The van der Waals surface area contributed by atoms with E-state index in [2.05, 4.69) is 39.0 Å². The molecule has 23 heavy (non-hydrogen) atoms. The van der Waals surface area contributed by atoms with E-state index in [1.807, 2.05) is 25.7 Å². The lowest BCUT2D eigenvalue weighted by molar-refractivity contribution is 0.0353. The number of carbonyl (C=O) groups is 1. The molecule has 0 unspecified atom stereocenters. The summed E-state index contributed by atoms with van der Waals surface area (Å²) in [6.45, 7) is 12.8. The zero-order valence-corrected chi connectivity index (χ0v) is 15.3. The highest BCUT2D eigenvalue weighted by Gasteiger charge is 2.27. The predicted octanol–water partition coefficient (Wildman–Crippen LogP) is 5.37. The maximum atomic E-state index is 12.7. The molecule has 0 aromatic heterocycles. The van der Waals surface area contributed by atoms with Crippen LogP contribution in [0.4, 0.5) is 4.79 Å². The van der Waals surface area contributed by atoms with Crippen molar-refractivity contribution >= 4 is 11.8 Å². The van der Waals surface area contributed by atoms with Gasteiger partial charge in [-0.2, -0.15) is 0 Å². The summed E-state index contributed by atoms with van der Waals surface area (Å²) in [6, 6.07) is 4.36. The lowest BCUT2D eigenvalue weighted by Gasteiger charge is -2.29. The molecule has 1 aromatic rings. The molecule has 0 spiro atoms. The second kappa shape index (κ2) is 6.77. The van der Waals surface area contributed by atoms with Crippen LogP contribution in [0.3, 0.4) is 0 Å². The van der Waals surface area contributed by atoms with Crippen molar-refractivity contribution in [3.05, 3.63) is 40.5 Å². The van der Waals surface area contributed by atoms with Gasteiger partial charge >= 0.3 is 6.09 Å². The maximum absolute atomic E-state index is 12.7. The van der Waals surface area contributed by atoms with Crippen molar-refractivity contribution in [1.82, 2.24) is 4.90 Å². The van der Waals surface area contributed by atoms with Crippen LogP contribution in [-0.2, 0) is 4.74 Å². The minimum atomic E-state index is -0.480. The Morgan fingerprint density at radius 2 is 1.70 bits per heavy atom. The summed E-state index contributed by atoms with van der Waals surface area (Å²) in [7, 11) is 0. The first-order valence-corrected chi connectivity index (χ1v) is 8.48. The summed E-state index contributed by atoms with van der Waals surface area (Å²) in [5.41, 5.74) is 5.37. The van der Waals surface area contributed by atoms with Crippen LogP contribution in [0.1, 0.15) is 62.3 Å². The highest BCUT2D eigenvalue weighted by Crippen LogP contribution is 2.31. The van der Waals surface area contributed by atoms with E-state index in [-0.39, 0.29) is 6.09 Å². The number of benzene rings is 1. The van der Waals surface area contributed by atoms with Crippen molar-refractivity contribution in [3.63, 3.8) is 0 Å². The Morgan fingerprint density at radius 3 is 2.26 bits per heavy atom. The largest absolute Gasteiger partial charge is 0.443 e. The molecule has 0 aliphatic carbocycles. The summed E-state index contributed by atoms with van der Waals surface area (Å²) in [4.78, 5) is 14.5. The Kier molecular flexibility index (Phi) is 5.18. The van der Waals surface area contributed by atoms with Crippen molar-refractivity contribution in [3.8, 4) is 0 Å². The second-order valence-corrected chi connectivity index (χ2v) is 7.49. The van der Waals surface area contributed by atoms with E-state index >= 15 is 0 Å². The van der Waals surface area contributed by atoms with Crippen LogP contribution in [0, 0.1) is 20.8 Å². The number of hydrogen-bond donors (Lipinski definition) is 0. The lowest BCUT2D eigenvalue weighted by atomic mass is 9.96. The van der Waals surface area contributed by atoms with E-state index in [0.717, 1.165) is 25.0 Å². The van der Waals surface area contributed by atoms with Crippen molar-refractivity contribution in [1.29, 1.82) is 0 Å². The standard InChI is InChI=1S/C20H29NO2/c1-14-12-15(2)18(16(3)13-14)17-10-8-7-9-11-21(17)19(22)23-20(4,5)6/h10,12-13H,7-9,11H2,1-6H3. The quantitative estimate of drug-likeness (QED) is 0.697. The maximum Gasteiger partial charge on any atom is 0.414 e. The Labute approximate surface area is 140 Å². The number of carbonyl (C=O) groups excluding carboxylic acids is 1. The average Bonchev–Trinajstić information content (AvgIpc) is 2.61. The molecule has 1 aromatic carbocycles. The van der Waals surface area contributed by atoms with Gasteiger partial charge in [-0.25, -0.2) is 4.79 Å². The Hall–Kier alpha value is -1.77. The predicted molar refractivity (Wildman–Crippen MR) is 95.4 cm³/mol. The van der Waals surface area contributed by atoms with Crippen LogP contribution in [-0.4, -0.2) is 23.1 Å². The zero-order chi connectivity index (χ0) is 17.2. The first-order valence-electron chi connectivity index (χ1n) is 8.48.